The predicted octanol–water partition coefficient (Wildman–Crippen LogP) is 2.10. The number of rotatable bonds is 2. The van der Waals surface area contributed by atoms with E-state index >= 15 is 0 Å². The Labute approximate surface area is 84.7 Å². The molecule has 0 fully saturated rings. The van der Waals surface area contributed by atoms with Crippen LogP contribution in [0.3, 0.4) is 0 Å². The summed E-state index contributed by atoms with van der Waals surface area (Å²) in [4.78, 5) is 0. The highest BCUT2D eigenvalue weighted by molar-refractivity contribution is 9.10. The number of aliphatic hydroxyl groups is 1. The van der Waals surface area contributed by atoms with E-state index in [9.17, 15) is 9.50 Å². The molecule has 0 aliphatic rings. The fraction of sp³-hybridized carbons (Fsp3) is 0.333. The number of nitrogens with two attached hydrogens (primary N) is 1. The largest absolute Gasteiger partial charge is 0.372 e. The molecule has 0 radical (unpaired) electrons. The molecule has 0 saturated heterocycles. The van der Waals surface area contributed by atoms with Gasteiger partial charge in [0.2, 0.25) is 0 Å². The summed E-state index contributed by atoms with van der Waals surface area (Å²) in [5, 5.41) is 9.62. The summed E-state index contributed by atoms with van der Waals surface area (Å²) in [6, 6.07) is 4.32. The van der Waals surface area contributed by atoms with Crippen molar-refractivity contribution >= 4 is 15.9 Å². The highest BCUT2D eigenvalue weighted by Gasteiger charge is 2.24. The third-order valence-corrected chi connectivity index (χ3v) is 2.43. The van der Waals surface area contributed by atoms with Gasteiger partial charge in [0, 0.05) is 10.0 Å². The third kappa shape index (κ3) is 2.27. The number of hydrogen-bond donors (Lipinski definition) is 2. The Morgan fingerprint density at radius 1 is 1.62 bits per heavy atom. The Kier molecular flexibility index (Phi) is 3.05. The molecule has 1 aromatic rings. The van der Waals surface area contributed by atoms with Crippen molar-refractivity contribution in [1.29, 1.82) is 0 Å². The van der Waals surface area contributed by atoms with Crippen LogP contribution in [0, 0.1) is 5.82 Å². The number of benzene rings is 1. The molecule has 3 N–H and O–H groups in total. The van der Waals surface area contributed by atoms with Gasteiger partial charge >= 0.3 is 0 Å². The molecule has 0 heterocycles. The zero-order valence-corrected chi connectivity index (χ0v) is 8.81. The molecule has 0 amide bonds. The van der Waals surface area contributed by atoms with E-state index in [4.69, 9.17) is 5.73 Å². The standard InChI is InChI=1S/C9H11BrFNO/c1-2-9(12,13)7-5-6(10)3-4-8(7)11/h3-5,13H,2,12H2,1H3/t9-/m0/s1. The van der Waals surface area contributed by atoms with Gasteiger partial charge in [-0.25, -0.2) is 4.39 Å². The summed E-state index contributed by atoms with van der Waals surface area (Å²) in [7, 11) is 0. The lowest BCUT2D eigenvalue weighted by Gasteiger charge is -2.22. The SMILES string of the molecule is CC[C@](N)(O)c1cc(Br)ccc1F. The van der Waals surface area contributed by atoms with Gasteiger partial charge in [-0.1, -0.05) is 22.9 Å². The lowest BCUT2D eigenvalue weighted by Crippen LogP contribution is -2.36. The molecule has 2 nitrogen and oxygen atoms in total. The first-order chi connectivity index (χ1) is 5.97. The summed E-state index contributed by atoms with van der Waals surface area (Å²) in [5.41, 5.74) is 4.03. The molecule has 0 aliphatic carbocycles. The maximum absolute atomic E-state index is 13.2. The van der Waals surface area contributed by atoms with Gasteiger partial charge in [0.05, 0.1) is 0 Å². The fourth-order valence-electron chi connectivity index (χ4n) is 1.02. The molecular weight excluding hydrogens is 237 g/mol. The molecule has 13 heavy (non-hydrogen) atoms. The second kappa shape index (κ2) is 3.74. The average molecular weight is 248 g/mol. The van der Waals surface area contributed by atoms with Crippen LogP contribution in [0.5, 0.6) is 0 Å². The van der Waals surface area contributed by atoms with E-state index in [2.05, 4.69) is 15.9 Å². The van der Waals surface area contributed by atoms with Crippen LogP contribution in [0.25, 0.3) is 0 Å². The highest BCUT2D eigenvalue weighted by atomic mass is 79.9. The van der Waals surface area contributed by atoms with E-state index in [0.717, 1.165) is 0 Å². The van der Waals surface area contributed by atoms with Crippen LogP contribution in [0.2, 0.25) is 0 Å². The first kappa shape index (κ1) is 10.6. The summed E-state index contributed by atoms with van der Waals surface area (Å²) >= 11 is 3.18. The number of hydrogen-bond acceptors (Lipinski definition) is 2. The van der Waals surface area contributed by atoms with Gasteiger partial charge in [0.25, 0.3) is 0 Å². The molecule has 0 aromatic heterocycles. The second-order valence-electron chi connectivity index (χ2n) is 2.90. The summed E-state index contributed by atoms with van der Waals surface area (Å²) in [6.45, 7) is 1.69. The Hall–Kier alpha value is -0.450. The van der Waals surface area contributed by atoms with E-state index < -0.39 is 11.5 Å². The molecule has 1 atom stereocenters. The van der Waals surface area contributed by atoms with E-state index in [1.165, 1.54) is 12.1 Å². The van der Waals surface area contributed by atoms with Crippen LogP contribution in [0.15, 0.2) is 22.7 Å². The van der Waals surface area contributed by atoms with Crippen molar-refractivity contribution in [2.75, 3.05) is 0 Å². The van der Waals surface area contributed by atoms with Crippen molar-refractivity contribution in [2.24, 2.45) is 5.73 Å². The van der Waals surface area contributed by atoms with Gasteiger partial charge in [-0.15, -0.1) is 0 Å². The normalized spacial score (nSPS) is 15.5. The van der Waals surface area contributed by atoms with Gasteiger partial charge in [0.15, 0.2) is 0 Å². The molecular formula is C9H11BrFNO. The number of halogens is 2. The highest BCUT2D eigenvalue weighted by Crippen LogP contribution is 2.25. The second-order valence-corrected chi connectivity index (χ2v) is 3.82. The van der Waals surface area contributed by atoms with Crippen LogP contribution < -0.4 is 5.73 Å². The first-order valence-corrected chi connectivity index (χ1v) is 4.73. The molecule has 0 aliphatic heterocycles. The smallest absolute Gasteiger partial charge is 0.142 e. The summed E-state index contributed by atoms with van der Waals surface area (Å²) < 4.78 is 13.9. The van der Waals surface area contributed by atoms with Gasteiger partial charge in [-0.05, 0) is 24.6 Å². The Morgan fingerprint density at radius 2 is 2.23 bits per heavy atom. The zero-order valence-electron chi connectivity index (χ0n) is 7.22. The van der Waals surface area contributed by atoms with Crippen LogP contribution in [-0.2, 0) is 5.72 Å². The van der Waals surface area contributed by atoms with Crippen LogP contribution >= 0.6 is 15.9 Å². The van der Waals surface area contributed by atoms with Crippen molar-refractivity contribution in [3.05, 3.63) is 34.1 Å². The fourth-order valence-corrected chi connectivity index (χ4v) is 1.38. The zero-order chi connectivity index (χ0) is 10.1. The van der Waals surface area contributed by atoms with Gasteiger partial charge in [-0.2, -0.15) is 0 Å². The van der Waals surface area contributed by atoms with E-state index in [0.29, 0.717) is 4.47 Å². The molecule has 0 bridgehead atoms. The monoisotopic (exact) mass is 247 g/mol. The third-order valence-electron chi connectivity index (χ3n) is 1.93. The Bertz CT molecular complexity index is 314. The Morgan fingerprint density at radius 3 is 2.77 bits per heavy atom. The van der Waals surface area contributed by atoms with Crippen molar-refractivity contribution in [3.63, 3.8) is 0 Å². The maximum Gasteiger partial charge on any atom is 0.142 e. The molecule has 0 unspecified atom stereocenters. The predicted molar refractivity (Wildman–Crippen MR) is 52.5 cm³/mol. The topological polar surface area (TPSA) is 46.2 Å². The molecule has 1 rings (SSSR count). The lowest BCUT2D eigenvalue weighted by atomic mass is 10.0. The van der Waals surface area contributed by atoms with Crippen LogP contribution in [0.1, 0.15) is 18.9 Å². The lowest BCUT2D eigenvalue weighted by molar-refractivity contribution is 0.0357. The molecule has 1 aromatic carbocycles. The van der Waals surface area contributed by atoms with Gasteiger partial charge < -0.3 is 5.11 Å². The molecule has 0 spiro atoms. The average Bonchev–Trinajstić information content (AvgIpc) is 2.09. The molecule has 0 saturated carbocycles. The van der Waals surface area contributed by atoms with Crippen molar-refractivity contribution in [1.82, 2.24) is 0 Å². The minimum atomic E-state index is -1.59. The van der Waals surface area contributed by atoms with E-state index in [-0.39, 0.29) is 12.0 Å². The Balaban J connectivity index is 3.20. The summed E-state index contributed by atoms with van der Waals surface area (Å²) in [5.74, 6) is -0.491. The van der Waals surface area contributed by atoms with E-state index in [1.54, 1.807) is 13.0 Å². The van der Waals surface area contributed by atoms with Gasteiger partial charge in [-0.3, -0.25) is 5.73 Å². The first-order valence-electron chi connectivity index (χ1n) is 3.94. The van der Waals surface area contributed by atoms with E-state index in [1.807, 2.05) is 0 Å². The van der Waals surface area contributed by atoms with Crippen molar-refractivity contribution < 1.29 is 9.50 Å². The van der Waals surface area contributed by atoms with Crippen molar-refractivity contribution in [3.8, 4) is 0 Å². The van der Waals surface area contributed by atoms with Gasteiger partial charge in [0.1, 0.15) is 11.5 Å². The van der Waals surface area contributed by atoms with Crippen LogP contribution in [-0.4, -0.2) is 5.11 Å². The minimum absolute atomic E-state index is 0.115. The maximum atomic E-state index is 13.2. The summed E-state index contributed by atoms with van der Waals surface area (Å²) in [6.07, 6.45) is 0.264. The quantitative estimate of drug-likeness (QED) is 0.787. The van der Waals surface area contributed by atoms with Crippen molar-refractivity contribution in [2.45, 2.75) is 19.1 Å². The molecule has 4 heteroatoms. The minimum Gasteiger partial charge on any atom is -0.372 e. The van der Waals surface area contributed by atoms with Crippen LogP contribution in [0.4, 0.5) is 4.39 Å². The molecule has 72 valence electrons.